The zero-order chi connectivity index (χ0) is 19.1. The Balaban J connectivity index is 1.88. The third kappa shape index (κ3) is 2.98. The van der Waals surface area contributed by atoms with E-state index in [1.807, 2.05) is 12.1 Å². The van der Waals surface area contributed by atoms with Gasteiger partial charge >= 0.3 is 0 Å². The van der Waals surface area contributed by atoms with Crippen LogP contribution in [-0.4, -0.2) is 9.97 Å². The van der Waals surface area contributed by atoms with Crippen LogP contribution >= 0.6 is 15.9 Å². The molecular weight excluding hydrogens is 408 g/mol. The van der Waals surface area contributed by atoms with Gasteiger partial charge in [-0.2, -0.15) is 0 Å². The number of hydrogen-bond donors (Lipinski definition) is 0. The van der Waals surface area contributed by atoms with Crippen LogP contribution in [0.2, 0.25) is 0 Å². The summed E-state index contributed by atoms with van der Waals surface area (Å²) in [5, 5.41) is 3.40. The summed E-state index contributed by atoms with van der Waals surface area (Å²) < 4.78 is 1.02. The van der Waals surface area contributed by atoms with Crippen LogP contribution in [-0.2, 0) is 0 Å². The minimum absolute atomic E-state index is 0.737. The lowest BCUT2D eigenvalue weighted by atomic mass is 10.0. The Morgan fingerprint density at radius 1 is 0.679 bits per heavy atom. The molecule has 0 radical (unpaired) electrons. The highest BCUT2D eigenvalue weighted by Crippen LogP contribution is 2.33. The summed E-state index contributed by atoms with van der Waals surface area (Å²) in [5.41, 5.74) is 5.28. The van der Waals surface area contributed by atoms with Crippen LogP contribution in [0.3, 0.4) is 0 Å². The predicted molar refractivity (Wildman–Crippen MR) is 120 cm³/mol. The molecule has 0 amide bonds. The number of nitrogens with zero attached hydrogens (tertiary/aromatic N) is 2. The van der Waals surface area contributed by atoms with E-state index in [4.69, 9.17) is 9.97 Å². The van der Waals surface area contributed by atoms with Gasteiger partial charge in [0.1, 0.15) is 0 Å². The fraction of sp³-hybridized carbons (Fsp3) is 0.0400. The monoisotopic (exact) mass is 424 g/mol. The fourth-order valence-corrected chi connectivity index (χ4v) is 3.95. The molecule has 0 bridgehead atoms. The highest BCUT2D eigenvalue weighted by Gasteiger charge is 2.13. The summed E-state index contributed by atoms with van der Waals surface area (Å²) in [6.45, 7) is 2.10. The van der Waals surface area contributed by atoms with Gasteiger partial charge in [0.15, 0.2) is 5.82 Å². The Kier molecular flexibility index (Phi) is 4.18. The molecule has 1 heterocycles. The molecule has 0 unspecified atom stereocenters. The van der Waals surface area contributed by atoms with Gasteiger partial charge in [0.25, 0.3) is 0 Å². The van der Waals surface area contributed by atoms with Crippen molar-refractivity contribution in [3.63, 3.8) is 0 Å². The topological polar surface area (TPSA) is 25.8 Å². The maximum atomic E-state index is 4.99. The van der Waals surface area contributed by atoms with Gasteiger partial charge in [0.05, 0.1) is 11.2 Å². The van der Waals surface area contributed by atoms with Gasteiger partial charge in [-0.05, 0) is 30.5 Å². The van der Waals surface area contributed by atoms with Crippen molar-refractivity contribution in [1.29, 1.82) is 0 Å². The summed E-state index contributed by atoms with van der Waals surface area (Å²) in [6, 6.07) is 29.3. The van der Waals surface area contributed by atoms with E-state index >= 15 is 0 Å². The third-order valence-electron chi connectivity index (χ3n) is 5.00. The van der Waals surface area contributed by atoms with E-state index in [2.05, 4.69) is 95.7 Å². The van der Waals surface area contributed by atoms with Crippen LogP contribution in [0, 0.1) is 6.92 Å². The number of aromatic nitrogens is 2. The lowest BCUT2D eigenvalue weighted by Gasteiger charge is -2.12. The Bertz CT molecular complexity index is 1320. The van der Waals surface area contributed by atoms with E-state index < -0.39 is 0 Å². The van der Waals surface area contributed by atoms with Crippen molar-refractivity contribution in [3.8, 4) is 22.6 Å². The van der Waals surface area contributed by atoms with Gasteiger partial charge < -0.3 is 0 Å². The van der Waals surface area contributed by atoms with Crippen molar-refractivity contribution in [2.75, 3.05) is 0 Å². The van der Waals surface area contributed by atoms with Crippen molar-refractivity contribution in [1.82, 2.24) is 9.97 Å². The Morgan fingerprint density at radius 3 is 2.32 bits per heavy atom. The van der Waals surface area contributed by atoms with Crippen molar-refractivity contribution in [3.05, 3.63) is 95.0 Å². The lowest BCUT2D eigenvalue weighted by molar-refractivity contribution is 1.23. The first-order valence-corrected chi connectivity index (χ1v) is 10.0. The van der Waals surface area contributed by atoms with E-state index in [0.717, 1.165) is 43.4 Å². The minimum atomic E-state index is 0.737. The van der Waals surface area contributed by atoms with E-state index in [0.29, 0.717) is 0 Å². The van der Waals surface area contributed by atoms with Gasteiger partial charge in [0, 0.05) is 26.4 Å². The van der Waals surface area contributed by atoms with Gasteiger partial charge in [-0.25, -0.2) is 9.97 Å². The molecule has 0 aliphatic carbocycles. The van der Waals surface area contributed by atoms with E-state index in [-0.39, 0.29) is 0 Å². The summed E-state index contributed by atoms with van der Waals surface area (Å²) in [5.74, 6) is 0.737. The van der Waals surface area contributed by atoms with Crippen LogP contribution in [0.1, 0.15) is 5.56 Å². The van der Waals surface area contributed by atoms with Gasteiger partial charge in [0.2, 0.25) is 0 Å². The zero-order valence-corrected chi connectivity index (χ0v) is 16.9. The lowest BCUT2D eigenvalue weighted by Crippen LogP contribution is -1.96. The number of fused-ring (bicyclic) bond motifs is 3. The average Bonchev–Trinajstić information content (AvgIpc) is 2.73. The normalized spacial score (nSPS) is 11.2. The van der Waals surface area contributed by atoms with Crippen molar-refractivity contribution in [2.24, 2.45) is 0 Å². The van der Waals surface area contributed by atoms with Gasteiger partial charge in [-0.15, -0.1) is 0 Å². The minimum Gasteiger partial charge on any atom is -0.227 e. The first-order valence-electron chi connectivity index (χ1n) is 9.21. The zero-order valence-electron chi connectivity index (χ0n) is 15.4. The third-order valence-corrected chi connectivity index (χ3v) is 5.49. The molecule has 3 heteroatoms. The molecule has 0 aliphatic heterocycles. The molecule has 0 fully saturated rings. The molecule has 0 saturated carbocycles. The Morgan fingerprint density at radius 2 is 1.50 bits per heavy atom. The maximum Gasteiger partial charge on any atom is 0.160 e. The van der Waals surface area contributed by atoms with Crippen LogP contribution in [0.25, 0.3) is 44.3 Å². The number of rotatable bonds is 2. The molecule has 1 aromatic heterocycles. The molecule has 4 aromatic carbocycles. The molecule has 5 rings (SSSR count). The fourth-order valence-electron chi connectivity index (χ4n) is 3.55. The predicted octanol–water partition coefficient (Wildman–Crippen LogP) is 7.19. The molecule has 0 aliphatic rings. The number of halogens is 1. The molecule has 0 saturated heterocycles. The Labute approximate surface area is 172 Å². The van der Waals surface area contributed by atoms with E-state index in [1.165, 1.54) is 10.9 Å². The quantitative estimate of drug-likeness (QED) is 0.280. The molecule has 0 spiro atoms. The highest BCUT2D eigenvalue weighted by atomic mass is 79.9. The molecular formula is C25H17BrN2. The second-order valence-electron chi connectivity index (χ2n) is 6.96. The maximum absolute atomic E-state index is 4.99. The summed E-state index contributed by atoms with van der Waals surface area (Å²) in [4.78, 5) is 9.97. The second kappa shape index (κ2) is 6.84. The smallest absolute Gasteiger partial charge is 0.160 e. The van der Waals surface area contributed by atoms with Crippen LogP contribution in [0.5, 0.6) is 0 Å². The van der Waals surface area contributed by atoms with Crippen LogP contribution < -0.4 is 0 Å². The van der Waals surface area contributed by atoms with Crippen molar-refractivity contribution in [2.45, 2.75) is 6.92 Å². The SMILES string of the molecule is Cc1ccc(-c2nc(-c3cccc(Br)c3)nc3c2ccc2ccccc23)cc1. The van der Waals surface area contributed by atoms with Crippen LogP contribution in [0.4, 0.5) is 0 Å². The van der Waals surface area contributed by atoms with Gasteiger partial charge in [-0.3, -0.25) is 0 Å². The standard InChI is InChI=1S/C25H17BrN2/c1-16-9-11-18(12-10-16)23-22-14-13-17-5-2-3-8-21(17)24(22)28-25(27-23)19-6-4-7-20(26)15-19/h2-15H,1H3. The number of benzene rings is 4. The Hall–Kier alpha value is -3.04. The molecule has 0 N–H and O–H groups in total. The van der Waals surface area contributed by atoms with E-state index in [9.17, 15) is 0 Å². The number of hydrogen-bond acceptors (Lipinski definition) is 2. The van der Waals surface area contributed by atoms with E-state index in [1.54, 1.807) is 0 Å². The first-order chi connectivity index (χ1) is 13.7. The van der Waals surface area contributed by atoms with Crippen LogP contribution in [0.15, 0.2) is 89.4 Å². The second-order valence-corrected chi connectivity index (χ2v) is 7.87. The van der Waals surface area contributed by atoms with Crippen molar-refractivity contribution < 1.29 is 0 Å². The average molecular weight is 425 g/mol. The summed E-state index contributed by atoms with van der Waals surface area (Å²) >= 11 is 3.56. The van der Waals surface area contributed by atoms with Gasteiger partial charge in [-0.1, -0.05) is 88.2 Å². The first kappa shape index (κ1) is 17.1. The van der Waals surface area contributed by atoms with Crippen molar-refractivity contribution >= 4 is 37.6 Å². The molecule has 2 nitrogen and oxygen atoms in total. The summed E-state index contributed by atoms with van der Waals surface area (Å²) in [6.07, 6.45) is 0. The molecule has 5 aromatic rings. The highest BCUT2D eigenvalue weighted by molar-refractivity contribution is 9.10. The largest absolute Gasteiger partial charge is 0.227 e. The summed E-state index contributed by atoms with van der Waals surface area (Å²) in [7, 11) is 0. The molecule has 134 valence electrons. The molecule has 0 atom stereocenters. The molecule has 28 heavy (non-hydrogen) atoms. The number of aryl methyl sites for hydroxylation is 1.